The van der Waals surface area contributed by atoms with Gasteiger partial charge in [-0.3, -0.25) is 4.90 Å². The zero-order valence-corrected chi connectivity index (χ0v) is 15.3. The SMILES string of the molecule is CO/C=C\c1cc(Cl)cc([C@@H]2COCCN2C(=O)OC(C)(C)C)c1. The minimum Gasteiger partial charge on any atom is -0.504 e. The van der Waals surface area contributed by atoms with E-state index < -0.39 is 5.60 Å². The molecule has 5 nitrogen and oxygen atoms in total. The molecule has 6 heteroatoms. The Kier molecular flexibility index (Phi) is 6.13. The maximum atomic E-state index is 12.5. The lowest BCUT2D eigenvalue weighted by Crippen LogP contribution is -2.45. The van der Waals surface area contributed by atoms with Gasteiger partial charge in [0.15, 0.2) is 0 Å². The molecule has 0 aromatic heterocycles. The molecule has 132 valence electrons. The quantitative estimate of drug-likeness (QED) is 0.761. The average molecular weight is 354 g/mol. The number of carbonyl (C=O) groups is 1. The summed E-state index contributed by atoms with van der Waals surface area (Å²) in [5.41, 5.74) is 1.26. The largest absolute Gasteiger partial charge is 0.504 e. The van der Waals surface area contributed by atoms with Crippen molar-refractivity contribution >= 4 is 23.8 Å². The van der Waals surface area contributed by atoms with Crippen LogP contribution in [0, 0.1) is 0 Å². The summed E-state index contributed by atoms with van der Waals surface area (Å²) in [5.74, 6) is 0. The number of methoxy groups -OCH3 is 1. The molecule has 1 saturated heterocycles. The minimum absolute atomic E-state index is 0.234. The molecule has 2 rings (SSSR count). The molecule has 1 aliphatic rings. The number of morpholine rings is 1. The molecule has 0 bridgehead atoms. The molecule has 0 saturated carbocycles. The van der Waals surface area contributed by atoms with Crippen LogP contribution >= 0.6 is 11.6 Å². The number of halogens is 1. The van der Waals surface area contributed by atoms with E-state index in [9.17, 15) is 4.79 Å². The van der Waals surface area contributed by atoms with Crippen molar-refractivity contribution in [2.75, 3.05) is 26.9 Å². The first-order valence-corrected chi connectivity index (χ1v) is 8.25. The Morgan fingerprint density at radius 1 is 1.38 bits per heavy atom. The number of carbonyl (C=O) groups excluding carboxylic acids is 1. The molecular formula is C18H24ClNO4. The summed E-state index contributed by atoms with van der Waals surface area (Å²) in [6.07, 6.45) is 3.06. The molecule has 24 heavy (non-hydrogen) atoms. The molecule has 1 amide bonds. The van der Waals surface area contributed by atoms with Crippen molar-refractivity contribution < 1.29 is 19.0 Å². The van der Waals surface area contributed by atoms with Gasteiger partial charge in [0.25, 0.3) is 0 Å². The van der Waals surface area contributed by atoms with Gasteiger partial charge in [-0.2, -0.15) is 0 Å². The van der Waals surface area contributed by atoms with Gasteiger partial charge in [-0.05, 0) is 56.2 Å². The third-order valence-corrected chi connectivity index (χ3v) is 3.70. The van der Waals surface area contributed by atoms with E-state index in [2.05, 4.69) is 0 Å². The predicted molar refractivity (Wildman–Crippen MR) is 94.0 cm³/mol. The van der Waals surface area contributed by atoms with Gasteiger partial charge >= 0.3 is 6.09 Å². The fraction of sp³-hybridized carbons (Fsp3) is 0.500. The summed E-state index contributed by atoms with van der Waals surface area (Å²) in [6, 6.07) is 5.42. The van der Waals surface area contributed by atoms with Crippen LogP contribution in [-0.4, -0.2) is 43.5 Å². The van der Waals surface area contributed by atoms with E-state index in [-0.39, 0.29) is 12.1 Å². The van der Waals surface area contributed by atoms with Gasteiger partial charge in [-0.1, -0.05) is 11.6 Å². The summed E-state index contributed by atoms with van der Waals surface area (Å²) in [7, 11) is 1.58. The molecule has 1 heterocycles. The maximum Gasteiger partial charge on any atom is 0.410 e. The smallest absolute Gasteiger partial charge is 0.410 e. The van der Waals surface area contributed by atoms with Crippen LogP contribution in [0.15, 0.2) is 24.5 Å². The van der Waals surface area contributed by atoms with Gasteiger partial charge in [0, 0.05) is 11.6 Å². The zero-order valence-electron chi connectivity index (χ0n) is 14.5. The van der Waals surface area contributed by atoms with Crippen molar-refractivity contribution in [1.82, 2.24) is 4.90 Å². The average Bonchev–Trinajstić information content (AvgIpc) is 2.51. The van der Waals surface area contributed by atoms with Crippen LogP contribution in [0.1, 0.15) is 37.9 Å². The number of rotatable bonds is 3. The van der Waals surface area contributed by atoms with E-state index in [4.69, 9.17) is 25.8 Å². The molecule has 0 N–H and O–H groups in total. The van der Waals surface area contributed by atoms with Crippen molar-refractivity contribution in [3.63, 3.8) is 0 Å². The predicted octanol–water partition coefficient (Wildman–Crippen LogP) is 4.27. The Morgan fingerprint density at radius 3 is 2.79 bits per heavy atom. The first kappa shape index (κ1) is 18.6. The standard InChI is InChI=1S/C18H24ClNO4/c1-18(2,3)24-17(21)20-6-8-23-12-16(20)14-9-13(5-7-22-4)10-15(19)11-14/h5,7,9-11,16H,6,8,12H2,1-4H3/b7-5-/t16-/m0/s1. The second-order valence-corrected chi connectivity index (χ2v) is 7.06. The monoisotopic (exact) mass is 353 g/mol. The van der Waals surface area contributed by atoms with Crippen LogP contribution < -0.4 is 0 Å². The molecule has 1 aromatic carbocycles. The van der Waals surface area contributed by atoms with E-state index in [1.165, 1.54) is 0 Å². The van der Waals surface area contributed by atoms with Gasteiger partial charge in [0.1, 0.15) is 5.60 Å². The van der Waals surface area contributed by atoms with Crippen LogP contribution in [0.4, 0.5) is 4.79 Å². The number of benzene rings is 1. The molecule has 1 aromatic rings. The fourth-order valence-electron chi connectivity index (χ4n) is 2.49. The van der Waals surface area contributed by atoms with Crippen molar-refractivity contribution in [3.05, 3.63) is 40.6 Å². The van der Waals surface area contributed by atoms with E-state index in [0.29, 0.717) is 24.8 Å². The highest BCUT2D eigenvalue weighted by Crippen LogP contribution is 2.29. The molecule has 1 fully saturated rings. The third-order valence-electron chi connectivity index (χ3n) is 3.48. The van der Waals surface area contributed by atoms with Crippen LogP contribution in [0.3, 0.4) is 0 Å². The molecule has 1 aliphatic heterocycles. The lowest BCUT2D eigenvalue weighted by molar-refractivity contribution is -0.0331. The number of amides is 1. The molecule has 0 unspecified atom stereocenters. The highest BCUT2D eigenvalue weighted by atomic mass is 35.5. The third kappa shape index (κ3) is 5.14. The minimum atomic E-state index is -0.541. The second kappa shape index (κ2) is 7.90. The van der Waals surface area contributed by atoms with Gasteiger partial charge in [-0.25, -0.2) is 4.79 Å². The van der Waals surface area contributed by atoms with E-state index >= 15 is 0 Å². The van der Waals surface area contributed by atoms with Gasteiger partial charge < -0.3 is 14.2 Å². The second-order valence-electron chi connectivity index (χ2n) is 6.62. The van der Waals surface area contributed by atoms with E-state index in [0.717, 1.165) is 11.1 Å². The molecular weight excluding hydrogens is 330 g/mol. The Balaban J connectivity index is 2.28. The first-order chi connectivity index (χ1) is 11.3. The van der Waals surface area contributed by atoms with E-state index in [1.807, 2.05) is 45.0 Å². The Bertz CT molecular complexity index is 610. The Morgan fingerprint density at radius 2 is 2.12 bits per heavy atom. The van der Waals surface area contributed by atoms with Crippen LogP contribution in [0.5, 0.6) is 0 Å². The fourth-order valence-corrected chi connectivity index (χ4v) is 2.74. The first-order valence-electron chi connectivity index (χ1n) is 7.87. The van der Waals surface area contributed by atoms with Crippen LogP contribution in [0.25, 0.3) is 6.08 Å². The lowest BCUT2D eigenvalue weighted by atomic mass is 10.0. The summed E-state index contributed by atoms with van der Waals surface area (Å²) in [5, 5.41) is 0.595. The van der Waals surface area contributed by atoms with Crippen LogP contribution in [0.2, 0.25) is 5.02 Å². The summed E-state index contributed by atoms with van der Waals surface area (Å²) in [4.78, 5) is 14.2. The topological polar surface area (TPSA) is 48.0 Å². The molecule has 0 aliphatic carbocycles. The molecule has 0 spiro atoms. The summed E-state index contributed by atoms with van der Waals surface area (Å²) in [6.45, 7) is 6.95. The highest BCUT2D eigenvalue weighted by Gasteiger charge is 2.32. The number of hydrogen-bond acceptors (Lipinski definition) is 4. The summed E-state index contributed by atoms with van der Waals surface area (Å²) >= 11 is 6.23. The number of hydrogen-bond donors (Lipinski definition) is 0. The lowest BCUT2D eigenvalue weighted by Gasteiger charge is -2.37. The molecule has 0 radical (unpaired) electrons. The van der Waals surface area contributed by atoms with Crippen LogP contribution in [-0.2, 0) is 14.2 Å². The Labute approximate surface area is 148 Å². The van der Waals surface area contributed by atoms with Crippen molar-refractivity contribution in [2.24, 2.45) is 0 Å². The van der Waals surface area contributed by atoms with Gasteiger partial charge in [-0.15, -0.1) is 0 Å². The normalized spacial score (nSPS) is 18.7. The van der Waals surface area contributed by atoms with Crippen molar-refractivity contribution in [2.45, 2.75) is 32.4 Å². The highest BCUT2D eigenvalue weighted by molar-refractivity contribution is 6.30. The van der Waals surface area contributed by atoms with E-state index in [1.54, 1.807) is 18.3 Å². The van der Waals surface area contributed by atoms with Gasteiger partial charge in [0.05, 0.1) is 32.6 Å². The zero-order chi connectivity index (χ0) is 17.7. The Hall–Kier alpha value is -1.72. The molecule has 1 atom stereocenters. The maximum absolute atomic E-state index is 12.5. The van der Waals surface area contributed by atoms with Gasteiger partial charge in [0.2, 0.25) is 0 Å². The van der Waals surface area contributed by atoms with Crippen molar-refractivity contribution in [1.29, 1.82) is 0 Å². The number of ether oxygens (including phenoxy) is 3. The van der Waals surface area contributed by atoms with Crippen molar-refractivity contribution in [3.8, 4) is 0 Å². The summed E-state index contributed by atoms with van der Waals surface area (Å²) < 4.78 is 16.0. The number of nitrogens with zero attached hydrogens (tertiary/aromatic N) is 1.